The Hall–Kier alpha value is -0.670. The van der Waals surface area contributed by atoms with Crippen molar-refractivity contribution >= 4 is 61.2 Å². The van der Waals surface area contributed by atoms with Crippen LogP contribution in [-0.4, -0.2) is 12.0 Å². The third-order valence-electron chi connectivity index (χ3n) is 2.58. The molecule has 2 rings (SSSR count). The van der Waals surface area contributed by atoms with Crippen LogP contribution < -0.4 is 4.90 Å². The van der Waals surface area contributed by atoms with Crippen LogP contribution in [-0.2, 0) is 6.54 Å². The molecular weight excluding hydrogens is 443 g/mol. The Morgan fingerprint density at radius 2 is 2.21 bits per heavy atom. The van der Waals surface area contributed by atoms with Crippen LogP contribution in [0.4, 0.5) is 11.4 Å². The molecule has 100 valence electrons. The topological polar surface area (TPSA) is 46.4 Å². The summed E-state index contributed by atoms with van der Waals surface area (Å²) in [4.78, 5) is 13.7. The fourth-order valence-electron chi connectivity index (χ4n) is 1.64. The molecule has 0 amide bonds. The van der Waals surface area contributed by atoms with Crippen molar-refractivity contribution < 1.29 is 4.92 Å². The number of anilines is 1. The number of hydrogen-bond donors (Lipinski definition) is 0. The summed E-state index contributed by atoms with van der Waals surface area (Å²) in [6.45, 7) is 0.782. The van der Waals surface area contributed by atoms with Gasteiger partial charge in [-0.3, -0.25) is 10.1 Å². The minimum absolute atomic E-state index is 0.150. The molecule has 1 aromatic carbocycles. The number of nitrogens with zero attached hydrogens (tertiary/aromatic N) is 2. The molecule has 0 fully saturated rings. The molecule has 0 bridgehead atoms. The van der Waals surface area contributed by atoms with Crippen molar-refractivity contribution in [1.29, 1.82) is 0 Å². The number of nitro benzene ring substituents is 1. The lowest BCUT2D eigenvalue weighted by Gasteiger charge is -2.18. The van der Waals surface area contributed by atoms with Gasteiger partial charge >= 0.3 is 0 Å². The van der Waals surface area contributed by atoms with Crippen molar-refractivity contribution in [1.82, 2.24) is 0 Å². The highest BCUT2D eigenvalue weighted by Crippen LogP contribution is 2.28. The van der Waals surface area contributed by atoms with Gasteiger partial charge in [0.25, 0.3) is 5.69 Å². The normalized spacial score (nSPS) is 10.5. The van der Waals surface area contributed by atoms with Crippen molar-refractivity contribution in [2.45, 2.75) is 6.54 Å². The molecule has 0 radical (unpaired) electrons. The first-order valence-corrected chi connectivity index (χ1v) is 8.10. The van der Waals surface area contributed by atoms with Gasteiger partial charge in [0.05, 0.1) is 15.0 Å². The van der Waals surface area contributed by atoms with Crippen molar-refractivity contribution in [2.24, 2.45) is 0 Å². The summed E-state index contributed by atoms with van der Waals surface area (Å²) in [5.41, 5.74) is 1.12. The summed E-state index contributed by atoms with van der Waals surface area (Å²) in [5.74, 6) is 0. The van der Waals surface area contributed by atoms with Gasteiger partial charge in [0.1, 0.15) is 0 Å². The molecule has 0 aliphatic heterocycles. The van der Waals surface area contributed by atoms with Gasteiger partial charge in [-0.1, -0.05) is 0 Å². The number of hydrogen-bond acceptors (Lipinski definition) is 4. The fourth-order valence-corrected chi connectivity index (χ4v) is 3.84. The monoisotopic (exact) mass is 452 g/mol. The molecule has 0 unspecified atom stereocenters. The molecule has 2 aromatic rings. The van der Waals surface area contributed by atoms with Crippen molar-refractivity contribution in [3.8, 4) is 0 Å². The zero-order chi connectivity index (χ0) is 14.0. The van der Waals surface area contributed by atoms with Gasteiger partial charge in [0.2, 0.25) is 0 Å². The Labute approximate surface area is 136 Å². The van der Waals surface area contributed by atoms with Crippen LogP contribution in [0.3, 0.4) is 0 Å². The smallest absolute Gasteiger partial charge is 0.282 e. The summed E-state index contributed by atoms with van der Waals surface area (Å²) >= 11 is 7.11. The quantitative estimate of drug-likeness (QED) is 0.385. The largest absolute Gasteiger partial charge is 0.369 e. The third kappa shape index (κ3) is 3.67. The van der Waals surface area contributed by atoms with Gasteiger partial charge in [0.15, 0.2) is 0 Å². The Morgan fingerprint density at radius 3 is 2.74 bits per heavy atom. The fraction of sp³-hybridized carbons (Fsp3) is 0.167. The van der Waals surface area contributed by atoms with Crippen LogP contribution in [0.15, 0.2) is 34.1 Å². The third-order valence-corrected chi connectivity index (χ3v) is 5.13. The van der Waals surface area contributed by atoms with E-state index in [0.29, 0.717) is 3.57 Å². The summed E-state index contributed by atoms with van der Waals surface area (Å²) < 4.78 is 1.73. The van der Waals surface area contributed by atoms with E-state index in [4.69, 9.17) is 0 Å². The van der Waals surface area contributed by atoms with Crippen LogP contribution in [0.2, 0.25) is 0 Å². The number of rotatable bonds is 4. The van der Waals surface area contributed by atoms with E-state index in [1.54, 1.807) is 23.5 Å². The van der Waals surface area contributed by atoms with Crippen LogP contribution in [0.1, 0.15) is 4.88 Å². The average molecular weight is 453 g/mol. The molecule has 7 heteroatoms. The molecular formula is C12H10BrIN2O2S. The molecule has 1 aromatic heterocycles. The van der Waals surface area contributed by atoms with E-state index in [2.05, 4.69) is 26.9 Å². The zero-order valence-electron chi connectivity index (χ0n) is 9.97. The zero-order valence-corrected chi connectivity index (χ0v) is 14.5. The molecule has 0 spiro atoms. The van der Waals surface area contributed by atoms with Gasteiger partial charge in [-0.25, -0.2) is 0 Å². The first kappa shape index (κ1) is 14.7. The predicted octanol–water partition coefficient (Wildman–Crippen LogP) is 4.66. The Morgan fingerprint density at radius 1 is 1.47 bits per heavy atom. The Balaban J connectivity index is 2.17. The second-order valence-electron chi connectivity index (χ2n) is 3.98. The Bertz CT molecular complexity index is 618. The molecule has 19 heavy (non-hydrogen) atoms. The van der Waals surface area contributed by atoms with Crippen LogP contribution in [0, 0.1) is 13.7 Å². The predicted molar refractivity (Wildman–Crippen MR) is 89.9 cm³/mol. The number of nitro groups is 1. The summed E-state index contributed by atoms with van der Waals surface area (Å²) in [6, 6.07) is 7.25. The molecule has 0 saturated heterocycles. The van der Waals surface area contributed by atoms with E-state index < -0.39 is 0 Å². The average Bonchev–Trinajstić information content (AvgIpc) is 2.74. The summed E-state index contributed by atoms with van der Waals surface area (Å²) in [6.07, 6.45) is 0. The van der Waals surface area contributed by atoms with Gasteiger partial charge in [-0.15, -0.1) is 11.3 Å². The highest BCUT2D eigenvalue weighted by molar-refractivity contribution is 14.1. The maximum absolute atomic E-state index is 10.8. The maximum Gasteiger partial charge on any atom is 0.282 e. The van der Waals surface area contributed by atoms with Crippen LogP contribution >= 0.6 is 49.9 Å². The molecule has 0 atom stereocenters. The van der Waals surface area contributed by atoms with E-state index in [1.807, 2.05) is 41.1 Å². The molecule has 0 aliphatic rings. The maximum atomic E-state index is 10.8. The van der Waals surface area contributed by atoms with Gasteiger partial charge in [-0.2, -0.15) is 0 Å². The summed E-state index contributed by atoms with van der Waals surface area (Å²) in [7, 11) is 1.98. The number of thiophene rings is 1. The lowest BCUT2D eigenvalue weighted by atomic mass is 10.2. The Kier molecular flexibility index (Phi) is 4.80. The molecule has 1 heterocycles. The summed E-state index contributed by atoms with van der Waals surface area (Å²) in [5, 5.41) is 12.8. The second kappa shape index (κ2) is 6.19. The SMILES string of the molecule is CN(Cc1cc(Br)cs1)c1ccc([N+](=O)[O-])c(I)c1. The minimum Gasteiger partial charge on any atom is -0.369 e. The van der Waals surface area contributed by atoms with E-state index in [0.717, 1.165) is 16.7 Å². The second-order valence-corrected chi connectivity index (χ2v) is 7.05. The van der Waals surface area contributed by atoms with Crippen molar-refractivity contribution in [2.75, 3.05) is 11.9 Å². The number of benzene rings is 1. The lowest BCUT2D eigenvalue weighted by Crippen LogP contribution is -2.15. The standard InChI is InChI=1S/C12H10BrIN2O2S/c1-15(6-10-4-8(13)7-19-10)9-2-3-12(16(17)18)11(14)5-9/h2-5,7H,6H2,1H3. The highest BCUT2D eigenvalue weighted by Gasteiger charge is 2.13. The first-order chi connectivity index (χ1) is 8.97. The molecule has 0 aliphatic carbocycles. The molecule has 0 N–H and O–H groups in total. The van der Waals surface area contributed by atoms with Gasteiger partial charge in [0, 0.05) is 33.5 Å². The van der Waals surface area contributed by atoms with Crippen molar-refractivity contribution in [3.63, 3.8) is 0 Å². The lowest BCUT2D eigenvalue weighted by molar-refractivity contribution is -0.385. The molecule has 0 saturated carbocycles. The van der Waals surface area contributed by atoms with E-state index in [-0.39, 0.29) is 10.6 Å². The highest BCUT2D eigenvalue weighted by atomic mass is 127. The van der Waals surface area contributed by atoms with Crippen molar-refractivity contribution in [3.05, 3.63) is 52.7 Å². The first-order valence-electron chi connectivity index (χ1n) is 5.35. The van der Waals surface area contributed by atoms with Gasteiger partial charge < -0.3 is 4.90 Å². The van der Waals surface area contributed by atoms with E-state index in [9.17, 15) is 10.1 Å². The van der Waals surface area contributed by atoms with Crippen LogP contribution in [0.5, 0.6) is 0 Å². The number of halogens is 2. The van der Waals surface area contributed by atoms with E-state index in [1.165, 1.54) is 4.88 Å². The minimum atomic E-state index is -0.359. The van der Waals surface area contributed by atoms with Crippen LogP contribution in [0.25, 0.3) is 0 Å². The molecule has 4 nitrogen and oxygen atoms in total. The van der Waals surface area contributed by atoms with Gasteiger partial charge in [-0.05, 0) is 56.7 Å². The van der Waals surface area contributed by atoms with E-state index >= 15 is 0 Å².